The lowest BCUT2D eigenvalue weighted by Gasteiger charge is -2.39. The zero-order chi connectivity index (χ0) is 13.1. The van der Waals surface area contributed by atoms with Crippen molar-refractivity contribution >= 4 is 11.8 Å². The molecule has 2 atom stereocenters. The van der Waals surface area contributed by atoms with E-state index in [0.717, 1.165) is 38.9 Å². The molecule has 0 aliphatic carbocycles. The van der Waals surface area contributed by atoms with Gasteiger partial charge in [-0.25, -0.2) is 0 Å². The largest absolute Gasteiger partial charge is 0.357 e. The van der Waals surface area contributed by atoms with Crippen LogP contribution in [0.3, 0.4) is 0 Å². The molecule has 5 heteroatoms. The summed E-state index contributed by atoms with van der Waals surface area (Å²) >= 11 is 0. The van der Waals surface area contributed by atoms with Crippen molar-refractivity contribution in [2.45, 2.75) is 32.2 Å². The molecule has 102 valence electrons. The van der Waals surface area contributed by atoms with Gasteiger partial charge in [-0.05, 0) is 38.3 Å². The van der Waals surface area contributed by atoms with Gasteiger partial charge in [0.15, 0.2) is 0 Å². The van der Waals surface area contributed by atoms with Crippen molar-refractivity contribution in [2.24, 2.45) is 11.8 Å². The van der Waals surface area contributed by atoms with Crippen molar-refractivity contribution in [1.29, 1.82) is 0 Å². The van der Waals surface area contributed by atoms with E-state index in [0.29, 0.717) is 5.92 Å². The Morgan fingerprint density at radius 2 is 2.06 bits per heavy atom. The first-order valence-electron chi connectivity index (χ1n) is 6.88. The molecule has 0 saturated carbocycles. The summed E-state index contributed by atoms with van der Waals surface area (Å²) in [5, 5.41) is 5.87. The molecule has 2 rings (SSSR count). The van der Waals surface area contributed by atoms with Crippen LogP contribution in [0.25, 0.3) is 0 Å². The molecule has 2 heterocycles. The number of nitrogens with zero attached hydrogens (tertiary/aromatic N) is 1. The maximum atomic E-state index is 12.5. The van der Waals surface area contributed by atoms with Crippen LogP contribution in [0.4, 0.5) is 0 Å². The van der Waals surface area contributed by atoms with Gasteiger partial charge >= 0.3 is 0 Å². The molecule has 2 saturated heterocycles. The molecule has 2 N–H and O–H groups in total. The molecule has 0 aromatic heterocycles. The van der Waals surface area contributed by atoms with Crippen molar-refractivity contribution in [1.82, 2.24) is 15.5 Å². The molecule has 0 spiro atoms. The molecule has 2 unspecified atom stereocenters. The lowest BCUT2D eigenvalue weighted by atomic mass is 9.86. The fourth-order valence-corrected chi connectivity index (χ4v) is 2.76. The lowest BCUT2D eigenvalue weighted by molar-refractivity contribution is -0.146. The smallest absolute Gasteiger partial charge is 0.242 e. The maximum Gasteiger partial charge on any atom is 0.242 e. The van der Waals surface area contributed by atoms with E-state index >= 15 is 0 Å². The van der Waals surface area contributed by atoms with Gasteiger partial charge < -0.3 is 15.5 Å². The summed E-state index contributed by atoms with van der Waals surface area (Å²) in [5.41, 5.74) is 0. The number of likely N-dealkylation sites (N-methyl/N-ethyl adjacent to an activating group) is 1. The van der Waals surface area contributed by atoms with Crippen molar-refractivity contribution in [2.75, 3.05) is 26.7 Å². The van der Waals surface area contributed by atoms with Gasteiger partial charge in [-0.1, -0.05) is 6.92 Å². The van der Waals surface area contributed by atoms with Crippen LogP contribution in [0.5, 0.6) is 0 Å². The van der Waals surface area contributed by atoms with Gasteiger partial charge in [0.05, 0.1) is 0 Å². The monoisotopic (exact) mass is 253 g/mol. The van der Waals surface area contributed by atoms with E-state index in [-0.39, 0.29) is 23.8 Å². The van der Waals surface area contributed by atoms with Gasteiger partial charge in [0.25, 0.3) is 0 Å². The van der Waals surface area contributed by atoms with Crippen molar-refractivity contribution < 1.29 is 9.59 Å². The molecule has 2 amide bonds. The Labute approximate surface area is 108 Å². The number of rotatable bonds is 3. The van der Waals surface area contributed by atoms with E-state index in [1.807, 2.05) is 6.92 Å². The van der Waals surface area contributed by atoms with Crippen LogP contribution in [0.2, 0.25) is 0 Å². The predicted molar refractivity (Wildman–Crippen MR) is 68.9 cm³/mol. The summed E-state index contributed by atoms with van der Waals surface area (Å²) in [5.74, 6) is 0.582. The lowest BCUT2D eigenvalue weighted by Crippen LogP contribution is -2.56. The number of hydrogen-bond acceptors (Lipinski definition) is 3. The average Bonchev–Trinajstić information content (AvgIpc) is 2.34. The Balaban J connectivity index is 2.03. The molecule has 5 nitrogen and oxygen atoms in total. The number of likely N-dealkylation sites (tertiary alicyclic amines) is 1. The zero-order valence-corrected chi connectivity index (χ0v) is 11.2. The average molecular weight is 253 g/mol. The molecule has 2 fully saturated rings. The minimum Gasteiger partial charge on any atom is -0.357 e. The predicted octanol–water partition coefficient (Wildman–Crippen LogP) is -0.0310. The number of carbonyl (C=O) groups excluding carboxylic acids is 2. The summed E-state index contributed by atoms with van der Waals surface area (Å²) < 4.78 is 0. The van der Waals surface area contributed by atoms with Crippen molar-refractivity contribution in [3.63, 3.8) is 0 Å². The Hall–Kier alpha value is -1.10. The van der Waals surface area contributed by atoms with Crippen LogP contribution in [-0.2, 0) is 9.59 Å². The second kappa shape index (κ2) is 5.69. The molecule has 0 bridgehead atoms. The number of hydrogen-bond donors (Lipinski definition) is 2. The Kier molecular flexibility index (Phi) is 4.22. The van der Waals surface area contributed by atoms with Crippen LogP contribution >= 0.6 is 0 Å². The van der Waals surface area contributed by atoms with Crippen molar-refractivity contribution in [3.05, 3.63) is 0 Å². The molecule has 0 aromatic rings. The summed E-state index contributed by atoms with van der Waals surface area (Å²) in [7, 11) is 1.64. The molecular formula is C13H23N3O2. The van der Waals surface area contributed by atoms with E-state index in [9.17, 15) is 9.59 Å². The highest BCUT2D eigenvalue weighted by Crippen LogP contribution is 2.24. The Morgan fingerprint density at radius 1 is 1.33 bits per heavy atom. The number of amides is 2. The van der Waals surface area contributed by atoms with Gasteiger partial charge in [-0.15, -0.1) is 0 Å². The van der Waals surface area contributed by atoms with Gasteiger partial charge in [0.1, 0.15) is 6.04 Å². The SMILES string of the molecule is CNC(=O)C1CCCCN1C(=O)C(C)C1CNC1. The fourth-order valence-electron chi connectivity index (χ4n) is 2.76. The summed E-state index contributed by atoms with van der Waals surface area (Å²) in [6.45, 7) is 4.56. The summed E-state index contributed by atoms with van der Waals surface area (Å²) in [6, 6.07) is -0.258. The summed E-state index contributed by atoms with van der Waals surface area (Å²) in [6.07, 6.45) is 2.83. The molecule has 2 aliphatic heterocycles. The third kappa shape index (κ3) is 2.51. The topological polar surface area (TPSA) is 61.4 Å². The van der Waals surface area contributed by atoms with Crippen LogP contribution in [-0.4, -0.2) is 49.4 Å². The van der Waals surface area contributed by atoms with Gasteiger partial charge in [-0.3, -0.25) is 9.59 Å². The van der Waals surface area contributed by atoms with E-state index in [2.05, 4.69) is 10.6 Å². The van der Waals surface area contributed by atoms with Gasteiger partial charge in [0.2, 0.25) is 11.8 Å². The van der Waals surface area contributed by atoms with E-state index in [1.54, 1.807) is 11.9 Å². The van der Waals surface area contributed by atoms with E-state index in [1.165, 1.54) is 0 Å². The third-order valence-electron chi connectivity index (χ3n) is 4.24. The Bertz CT molecular complexity index is 328. The first-order valence-corrected chi connectivity index (χ1v) is 6.88. The molecule has 0 radical (unpaired) electrons. The first-order chi connectivity index (χ1) is 8.65. The minimum absolute atomic E-state index is 0.0245. The normalized spacial score (nSPS) is 26.3. The molecular weight excluding hydrogens is 230 g/mol. The van der Waals surface area contributed by atoms with Crippen LogP contribution in [0.1, 0.15) is 26.2 Å². The Morgan fingerprint density at radius 3 is 2.61 bits per heavy atom. The van der Waals surface area contributed by atoms with Crippen LogP contribution < -0.4 is 10.6 Å². The first kappa shape index (κ1) is 13.3. The van der Waals surface area contributed by atoms with Crippen molar-refractivity contribution in [3.8, 4) is 0 Å². The zero-order valence-electron chi connectivity index (χ0n) is 11.2. The van der Waals surface area contributed by atoms with Gasteiger partial charge in [-0.2, -0.15) is 0 Å². The highest BCUT2D eigenvalue weighted by atomic mass is 16.2. The maximum absolute atomic E-state index is 12.5. The number of carbonyl (C=O) groups is 2. The molecule has 0 aromatic carbocycles. The highest BCUT2D eigenvalue weighted by molar-refractivity contribution is 5.88. The van der Waals surface area contributed by atoms with E-state index < -0.39 is 0 Å². The summed E-state index contributed by atoms with van der Waals surface area (Å²) in [4.78, 5) is 26.1. The highest BCUT2D eigenvalue weighted by Gasteiger charge is 2.37. The van der Waals surface area contributed by atoms with Gasteiger partial charge in [0, 0.05) is 19.5 Å². The second-order valence-corrected chi connectivity index (χ2v) is 5.36. The quantitative estimate of drug-likeness (QED) is 0.742. The van der Waals surface area contributed by atoms with Crippen LogP contribution in [0.15, 0.2) is 0 Å². The number of piperidine rings is 1. The second-order valence-electron chi connectivity index (χ2n) is 5.36. The number of nitrogens with one attached hydrogen (secondary N) is 2. The fraction of sp³-hybridized carbons (Fsp3) is 0.846. The van der Waals surface area contributed by atoms with Crippen LogP contribution in [0, 0.1) is 11.8 Å². The molecule has 18 heavy (non-hydrogen) atoms. The third-order valence-corrected chi connectivity index (χ3v) is 4.24. The minimum atomic E-state index is -0.258. The van der Waals surface area contributed by atoms with E-state index in [4.69, 9.17) is 0 Å². The molecule has 2 aliphatic rings. The standard InChI is InChI=1S/C13H23N3O2/c1-9(10-7-15-8-10)13(18)16-6-4-3-5-11(16)12(17)14-2/h9-11,15H,3-8H2,1-2H3,(H,14,17).